The topological polar surface area (TPSA) is 90.0 Å². The first-order valence-electron chi connectivity index (χ1n) is 12.3. The van der Waals surface area contributed by atoms with Crippen molar-refractivity contribution in [1.82, 2.24) is 29.3 Å². The standard InChI is InChI=1S/C26H27N7O3/c1-18-3-2-4-19(11-18)20-5-6-32(28-20)22-13-24(30-7-9-35-10-8-30)33-23(27-22)12-21(29-33)25(34)31-14-26(15-31)16-36-17-26/h2-6,11-13H,7-10,14-17H2,1H3. The van der Waals surface area contributed by atoms with Crippen LogP contribution in [0.25, 0.3) is 22.7 Å². The first kappa shape index (κ1) is 21.5. The van der Waals surface area contributed by atoms with Crippen molar-refractivity contribution in [2.45, 2.75) is 6.92 Å². The number of benzene rings is 1. The second kappa shape index (κ2) is 8.14. The molecule has 0 unspecified atom stereocenters. The summed E-state index contributed by atoms with van der Waals surface area (Å²) in [5.74, 6) is 1.49. The largest absolute Gasteiger partial charge is 0.380 e. The molecule has 0 saturated carbocycles. The van der Waals surface area contributed by atoms with Gasteiger partial charge in [-0.25, -0.2) is 9.67 Å². The molecule has 0 atom stereocenters. The van der Waals surface area contributed by atoms with E-state index in [1.807, 2.05) is 29.3 Å². The van der Waals surface area contributed by atoms with Crippen LogP contribution < -0.4 is 4.90 Å². The van der Waals surface area contributed by atoms with Crippen molar-refractivity contribution in [1.29, 1.82) is 0 Å². The summed E-state index contributed by atoms with van der Waals surface area (Å²) in [4.78, 5) is 22.1. The molecular formula is C26H27N7O3. The Kier molecular flexibility index (Phi) is 4.87. The Bertz CT molecular complexity index is 1460. The van der Waals surface area contributed by atoms with E-state index in [0.717, 1.165) is 56.5 Å². The van der Waals surface area contributed by atoms with Crippen molar-refractivity contribution in [2.24, 2.45) is 5.41 Å². The van der Waals surface area contributed by atoms with Crippen LogP contribution in [0, 0.1) is 12.3 Å². The van der Waals surface area contributed by atoms with Crippen LogP contribution in [0.3, 0.4) is 0 Å². The third-order valence-corrected chi connectivity index (χ3v) is 7.24. The van der Waals surface area contributed by atoms with Crippen LogP contribution in [-0.4, -0.2) is 87.8 Å². The third-order valence-electron chi connectivity index (χ3n) is 7.24. The Balaban J connectivity index is 1.26. The molecule has 1 amide bonds. The van der Waals surface area contributed by atoms with Gasteiger partial charge in [-0.2, -0.15) is 14.7 Å². The molecule has 1 spiro atoms. The van der Waals surface area contributed by atoms with E-state index in [1.165, 1.54) is 5.56 Å². The number of rotatable bonds is 4. The highest BCUT2D eigenvalue weighted by atomic mass is 16.5. The maximum atomic E-state index is 13.2. The number of amides is 1. The molecule has 7 rings (SSSR count). The van der Waals surface area contributed by atoms with Gasteiger partial charge in [0.2, 0.25) is 0 Å². The van der Waals surface area contributed by atoms with E-state index in [0.29, 0.717) is 30.4 Å². The Labute approximate surface area is 208 Å². The summed E-state index contributed by atoms with van der Waals surface area (Å²) >= 11 is 0. The number of hydrogen-bond donors (Lipinski definition) is 0. The minimum absolute atomic E-state index is 0.0617. The minimum Gasteiger partial charge on any atom is -0.380 e. The van der Waals surface area contributed by atoms with Crippen molar-refractivity contribution < 1.29 is 14.3 Å². The third kappa shape index (κ3) is 3.56. The summed E-state index contributed by atoms with van der Waals surface area (Å²) < 4.78 is 14.5. The number of likely N-dealkylation sites (tertiary alicyclic amines) is 1. The molecule has 10 nitrogen and oxygen atoms in total. The van der Waals surface area contributed by atoms with Gasteiger partial charge in [-0.05, 0) is 19.1 Å². The molecule has 36 heavy (non-hydrogen) atoms. The predicted molar refractivity (Wildman–Crippen MR) is 132 cm³/mol. The van der Waals surface area contributed by atoms with E-state index >= 15 is 0 Å². The van der Waals surface area contributed by atoms with Gasteiger partial charge in [-0.1, -0.05) is 23.8 Å². The molecule has 0 bridgehead atoms. The van der Waals surface area contributed by atoms with Crippen LogP contribution in [0.1, 0.15) is 16.1 Å². The lowest BCUT2D eigenvalue weighted by molar-refractivity contribution is -0.176. The highest BCUT2D eigenvalue weighted by Gasteiger charge is 2.51. The van der Waals surface area contributed by atoms with Crippen LogP contribution in [0.5, 0.6) is 0 Å². The summed E-state index contributed by atoms with van der Waals surface area (Å²) in [6, 6.07) is 14.0. The fourth-order valence-corrected chi connectivity index (χ4v) is 5.24. The minimum atomic E-state index is -0.0617. The lowest BCUT2D eigenvalue weighted by Crippen LogP contribution is -2.67. The number of morpholine rings is 1. The number of ether oxygens (including phenoxy) is 2. The molecule has 0 N–H and O–H groups in total. The fourth-order valence-electron chi connectivity index (χ4n) is 5.24. The first-order chi connectivity index (χ1) is 17.6. The van der Waals surface area contributed by atoms with E-state index in [4.69, 9.17) is 24.7 Å². The maximum absolute atomic E-state index is 13.2. The molecule has 3 fully saturated rings. The van der Waals surface area contributed by atoms with Crippen LogP contribution in [0.4, 0.5) is 5.82 Å². The first-order valence-corrected chi connectivity index (χ1v) is 12.3. The van der Waals surface area contributed by atoms with Gasteiger partial charge in [0, 0.05) is 50.1 Å². The summed E-state index contributed by atoms with van der Waals surface area (Å²) in [5, 5.41) is 9.50. The van der Waals surface area contributed by atoms with E-state index < -0.39 is 0 Å². The molecule has 3 aromatic heterocycles. The van der Waals surface area contributed by atoms with Gasteiger partial charge in [0.05, 0.1) is 37.5 Å². The Hall–Kier alpha value is -3.76. The Morgan fingerprint density at radius 2 is 1.83 bits per heavy atom. The zero-order valence-corrected chi connectivity index (χ0v) is 20.1. The maximum Gasteiger partial charge on any atom is 0.274 e. The SMILES string of the molecule is Cc1cccc(-c2ccn(-c3cc(N4CCOCC4)n4nc(C(=O)N5CC6(COC6)C5)cc4n3)n2)c1. The molecule has 10 heteroatoms. The van der Waals surface area contributed by atoms with E-state index in [1.54, 1.807) is 15.3 Å². The molecular weight excluding hydrogens is 458 g/mol. The van der Waals surface area contributed by atoms with Crippen LogP contribution in [0.2, 0.25) is 0 Å². The zero-order valence-electron chi connectivity index (χ0n) is 20.1. The van der Waals surface area contributed by atoms with Gasteiger partial charge < -0.3 is 19.3 Å². The van der Waals surface area contributed by atoms with Crippen molar-refractivity contribution in [2.75, 3.05) is 57.5 Å². The highest BCUT2D eigenvalue weighted by Crippen LogP contribution is 2.38. The number of anilines is 1. The highest BCUT2D eigenvalue weighted by molar-refractivity contribution is 5.94. The second-order valence-corrected chi connectivity index (χ2v) is 10.0. The van der Waals surface area contributed by atoms with Crippen LogP contribution in [-0.2, 0) is 9.47 Å². The van der Waals surface area contributed by atoms with Crippen LogP contribution >= 0.6 is 0 Å². The van der Waals surface area contributed by atoms with Gasteiger partial charge in [0.15, 0.2) is 17.2 Å². The monoisotopic (exact) mass is 485 g/mol. The lowest BCUT2D eigenvalue weighted by atomic mass is 9.78. The summed E-state index contributed by atoms with van der Waals surface area (Å²) in [7, 11) is 0. The number of aryl methyl sites for hydroxylation is 1. The van der Waals surface area contributed by atoms with Gasteiger partial charge in [-0.15, -0.1) is 0 Å². The normalized spacial score (nSPS) is 18.9. The fraction of sp³-hybridized carbons (Fsp3) is 0.385. The summed E-state index contributed by atoms with van der Waals surface area (Å²) in [6.07, 6.45) is 1.92. The van der Waals surface area contributed by atoms with Gasteiger partial charge >= 0.3 is 0 Å². The average Bonchev–Trinajstić information content (AvgIpc) is 3.50. The molecule has 3 saturated heterocycles. The Morgan fingerprint density at radius 3 is 2.58 bits per heavy atom. The number of carbonyl (C=O) groups is 1. The number of carbonyl (C=O) groups excluding carboxylic acids is 1. The smallest absolute Gasteiger partial charge is 0.274 e. The van der Waals surface area contributed by atoms with Crippen molar-refractivity contribution >= 4 is 17.4 Å². The number of fused-ring (bicyclic) bond motifs is 1. The molecule has 0 radical (unpaired) electrons. The molecule has 184 valence electrons. The second-order valence-electron chi connectivity index (χ2n) is 10.0. The van der Waals surface area contributed by atoms with Gasteiger partial charge in [-0.3, -0.25) is 4.79 Å². The quantitative estimate of drug-likeness (QED) is 0.438. The van der Waals surface area contributed by atoms with Gasteiger partial charge in [0.1, 0.15) is 5.82 Å². The van der Waals surface area contributed by atoms with E-state index in [9.17, 15) is 4.79 Å². The molecule has 0 aliphatic carbocycles. The molecule has 6 heterocycles. The van der Waals surface area contributed by atoms with E-state index in [-0.39, 0.29) is 11.3 Å². The number of hydrogen-bond acceptors (Lipinski definition) is 7. The van der Waals surface area contributed by atoms with Crippen molar-refractivity contribution in [3.05, 3.63) is 59.9 Å². The molecule has 4 aromatic rings. The Morgan fingerprint density at radius 1 is 1.00 bits per heavy atom. The average molecular weight is 486 g/mol. The van der Waals surface area contributed by atoms with Gasteiger partial charge in [0.25, 0.3) is 5.91 Å². The summed E-state index contributed by atoms with van der Waals surface area (Å²) in [5.41, 5.74) is 4.31. The zero-order chi connectivity index (χ0) is 24.3. The van der Waals surface area contributed by atoms with E-state index in [2.05, 4.69) is 30.0 Å². The molecule has 1 aromatic carbocycles. The molecule has 3 aliphatic heterocycles. The number of nitrogens with zero attached hydrogens (tertiary/aromatic N) is 7. The van der Waals surface area contributed by atoms with Crippen molar-refractivity contribution in [3.8, 4) is 17.1 Å². The summed E-state index contributed by atoms with van der Waals surface area (Å²) in [6.45, 7) is 7.77. The molecule has 3 aliphatic rings. The number of aromatic nitrogens is 5. The lowest BCUT2D eigenvalue weighted by Gasteiger charge is -2.54. The van der Waals surface area contributed by atoms with Crippen LogP contribution in [0.15, 0.2) is 48.7 Å². The van der Waals surface area contributed by atoms with Crippen molar-refractivity contribution in [3.63, 3.8) is 0 Å². The predicted octanol–water partition coefficient (Wildman–Crippen LogP) is 2.20.